The van der Waals surface area contributed by atoms with Gasteiger partial charge in [-0.05, 0) is 42.5 Å². The van der Waals surface area contributed by atoms with Crippen LogP contribution in [0.3, 0.4) is 0 Å². The molecule has 1 fully saturated rings. The summed E-state index contributed by atoms with van der Waals surface area (Å²) >= 11 is 0. The summed E-state index contributed by atoms with van der Waals surface area (Å²) in [6.07, 6.45) is 1.46. The van der Waals surface area contributed by atoms with E-state index >= 15 is 0 Å². The third-order valence-electron chi connectivity index (χ3n) is 8.08. The smallest absolute Gasteiger partial charge is 0.272 e. The number of fused-ring (bicyclic) bond motifs is 1. The number of benzene rings is 2. The molecule has 14 heteroatoms. The Bertz CT molecular complexity index is 1850. The summed E-state index contributed by atoms with van der Waals surface area (Å²) in [5.41, 5.74) is 2.50. The maximum Gasteiger partial charge on any atom is 0.272 e. The molecule has 6 rings (SSSR count). The van der Waals surface area contributed by atoms with E-state index in [4.69, 9.17) is 4.74 Å². The van der Waals surface area contributed by atoms with Gasteiger partial charge in [0.25, 0.3) is 5.91 Å². The van der Waals surface area contributed by atoms with E-state index in [2.05, 4.69) is 25.4 Å². The van der Waals surface area contributed by atoms with Gasteiger partial charge in [-0.1, -0.05) is 13.8 Å². The summed E-state index contributed by atoms with van der Waals surface area (Å²) < 4.78 is 61.5. The number of nitrogens with zero attached hydrogens (tertiary/aromatic N) is 3. The average molecular weight is 639 g/mol. The first-order valence-electron chi connectivity index (χ1n) is 14.4. The van der Waals surface area contributed by atoms with Gasteiger partial charge in [0.2, 0.25) is 10.0 Å². The molecule has 0 spiro atoms. The number of carbonyl (C=O) groups is 2. The average Bonchev–Trinajstić information content (AvgIpc) is 3.68. The monoisotopic (exact) mass is 638 g/mol. The zero-order valence-electron chi connectivity index (χ0n) is 24.7. The van der Waals surface area contributed by atoms with Crippen LogP contribution in [0, 0.1) is 11.6 Å². The van der Waals surface area contributed by atoms with Crippen LogP contribution < -0.4 is 10.2 Å². The number of anilines is 2. The van der Waals surface area contributed by atoms with Crippen molar-refractivity contribution in [3.63, 3.8) is 0 Å². The highest BCUT2D eigenvalue weighted by Gasteiger charge is 2.41. The molecule has 1 amide bonds. The topological polar surface area (TPSA) is 140 Å². The maximum absolute atomic E-state index is 13.9. The highest BCUT2D eigenvalue weighted by Crippen LogP contribution is 2.37. The van der Waals surface area contributed by atoms with Crippen LogP contribution in [0.5, 0.6) is 0 Å². The lowest BCUT2D eigenvalue weighted by Gasteiger charge is -2.36. The molecule has 2 aliphatic heterocycles. The van der Waals surface area contributed by atoms with E-state index in [9.17, 15) is 26.8 Å². The Morgan fingerprint density at radius 2 is 1.80 bits per heavy atom. The molecule has 2 aromatic carbocycles. The van der Waals surface area contributed by atoms with Crippen LogP contribution in [0.25, 0.3) is 0 Å². The van der Waals surface area contributed by atoms with Gasteiger partial charge in [0.1, 0.15) is 17.3 Å². The molecular weight excluding hydrogens is 606 g/mol. The van der Waals surface area contributed by atoms with Crippen molar-refractivity contribution in [3.8, 4) is 0 Å². The van der Waals surface area contributed by atoms with Gasteiger partial charge in [0.05, 0.1) is 35.9 Å². The van der Waals surface area contributed by atoms with Crippen LogP contribution in [0.4, 0.5) is 20.2 Å². The van der Waals surface area contributed by atoms with Gasteiger partial charge in [-0.15, -0.1) is 0 Å². The van der Waals surface area contributed by atoms with Gasteiger partial charge in [0, 0.05) is 66.4 Å². The lowest BCUT2D eigenvalue weighted by atomic mass is 9.83. The number of sulfonamides is 1. The van der Waals surface area contributed by atoms with E-state index < -0.39 is 37.9 Å². The molecule has 236 valence electrons. The van der Waals surface area contributed by atoms with Crippen LogP contribution in [0.2, 0.25) is 0 Å². The molecule has 11 nitrogen and oxygen atoms in total. The highest BCUT2D eigenvalue weighted by atomic mass is 32.2. The van der Waals surface area contributed by atoms with Crippen molar-refractivity contribution in [3.05, 3.63) is 94.6 Å². The Hall–Kier alpha value is -4.40. The van der Waals surface area contributed by atoms with E-state index in [1.165, 1.54) is 0 Å². The molecule has 0 aliphatic carbocycles. The first kappa shape index (κ1) is 30.6. The third-order valence-corrected chi connectivity index (χ3v) is 9.85. The second kappa shape index (κ2) is 11.8. The highest BCUT2D eigenvalue weighted by molar-refractivity contribution is 7.89. The molecule has 0 bridgehead atoms. The number of rotatable bonds is 8. The number of amides is 1. The number of hydrogen-bond donors (Lipinski definition) is 3. The minimum Gasteiger partial charge on any atom is -0.378 e. The van der Waals surface area contributed by atoms with Crippen molar-refractivity contribution in [2.24, 2.45) is 0 Å². The number of carbonyl (C=O) groups excluding carboxylic acids is 2. The van der Waals surface area contributed by atoms with E-state index in [0.717, 1.165) is 22.1 Å². The third kappa shape index (κ3) is 6.13. The lowest BCUT2D eigenvalue weighted by molar-refractivity contribution is 0.0992. The molecule has 3 N–H and O–H groups in total. The number of Topliss-reactive ketones (excluding diaryl/α,β-unsaturated/α-hetero) is 1. The summed E-state index contributed by atoms with van der Waals surface area (Å²) in [5.74, 6) is -2.75. The van der Waals surface area contributed by atoms with Crippen LogP contribution >= 0.6 is 0 Å². The zero-order chi connectivity index (χ0) is 31.9. The molecule has 0 saturated carbocycles. The van der Waals surface area contributed by atoms with Crippen molar-refractivity contribution in [2.45, 2.75) is 37.1 Å². The van der Waals surface area contributed by atoms with Gasteiger partial charge in [-0.3, -0.25) is 14.7 Å². The molecular formula is C31H32F2N6O5S. The van der Waals surface area contributed by atoms with Crippen molar-refractivity contribution >= 4 is 33.1 Å². The van der Waals surface area contributed by atoms with Gasteiger partial charge in [-0.2, -0.15) is 9.40 Å². The fraction of sp³-hybridized carbons (Fsp3) is 0.323. The Kier molecular flexibility index (Phi) is 8.05. The number of H-pyrrole nitrogens is 2. The van der Waals surface area contributed by atoms with Crippen molar-refractivity contribution in [1.82, 2.24) is 19.5 Å². The molecule has 0 atom stereocenters. The van der Waals surface area contributed by atoms with E-state index in [1.54, 1.807) is 30.5 Å². The minimum atomic E-state index is -4.29. The van der Waals surface area contributed by atoms with Crippen LogP contribution in [0.15, 0.2) is 59.6 Å². The number of morpholine rings is 1. The first-order chi connectivity index (χ1) is 21.4. The normalized spacial score (nSPS) is 16.8. The number of nitrogens with one attached hydrogen (secondary N) is 3. The lowest BCUT2D eigenvalue weighted by Crippen LogP contribution is -2.45. The first-order valence-corrected chi connectivity index (χ1v) is 15.8. The second-order valence-corrected chi connectivity index (χ2v) is 13.7. The summed E-state index contributed by atoms with van der Waals surface area (Å²) in [4.78, 5) is 31.3. The summed E-state index contributed by atoms with van der Waals surface area (Å²) in [6, 6.07) is 10.7. The van der Waals surface area contributed by atoms with Crippen molar-refractivity contribution < 1.29 is 31.5 Å². The zero-order valence-corrected chi connectivity index (χ0v) is 25.5. The van der Waals surface area contributed by atoms with Crippen molar-refractivity contribution in [2.75, 3.05) is 43.1 Å². The van der Waals surface area contributed by atoms with Gasteiger partial charge in [0.15, 0.2) is 5.78 Å². The number of ether oxygens (including phenoxy) is 1. The Labute approximate surface area is 258 Å². The molecule has 4 heterocycles. The standard InChI is InChI=1S/C31H32F2N6O5S/c1-31(2)18-39(45(42,43)22-13-19(32)12-20(33)14-22)17-24-27(36-37-29(24)31)16-28(40)23-6-5-21(38-8-10-44-11-9-38)15-26(23)35-30(41)25-4-3-7-34-25/h3-7,12-15,34H,8-11,16-18H2,1-2H3,(H,35,41)(H,36,37). The number of aromatic amines is 2. The van der Waals surface area contributed by atoms with Crippen LogP contribution in [0.1, 0.15) is 51.6 Å². The summed E-state index contributed by atoms with van der Waals surface area (Å²) in [6.45, 7) is 5.93. The van der Waals surface area contributed by atoms with Crippen molar-refractivity contribution in [1.29, 1.82) is 0 Å². The van der Waals surface area contributed by atoms with Gasteiger partial charge >= 0.3 is 0 Å². The fourth-order valence-corrected chi connectivity index (χ4v) is 7.45. The fourth-order valence-electron chi connectivity index (χ4n) is 5.84. The van der Waals surface area contributed by atoms with E-state index in [1.807, 2.05) is 19.9 Å². The predicted octanol–water partition coefficient (Wildman–Crippen LogP) is 4.01. The Morgan fingerprint density at radius 3 is 2.49 bits per heavy atom. The molecule has 4 aromatic rings. The molecule has 45 heavy (non-hydrogen) atoms. The predicted molar refractivity (Wildman–Crippen MR) is 162 cm³/mol. The Balaban J connectivity index is 1.31. The molecule has 0 unspecified atom stereocenters. The van der Waals surface area contributed by atoms with Gasteiger partial charge < -0.3 is 19.9 Å². The van der Waals surface area contributed by atoms with E-state index in [-0.39, 0.29) is 30.9 Å². The molecule has 2 aliphatic rings. The SMILES string of the molecule is CC1(C)CN(S(=O)(=O)c2cc(F)cc(F)c2)Cc2c1n[nH]c2CC(=O)c1ccc(N2CCOCC2)cc1NC(=O)c1ccc[nH]1. The molecule has 1 saturated heterocycles. The summed E-state index contributed by atoms with van der Waals surface area (Å²) in [5, 5.41) is 10.2. The number of ketones is 1. The Morgan fingerprint density at radius 1 is 1.07 bits per heavy atom. The largest absolute Gasteiger partial charge is 0.378 e. The number of halogens is 2. The quantitative estimate of drug-likeness (QED) is 0.248. The molecule has 0 radical (unpaired) electrons. The molecule has 2 aromatic heterocycles. The number of aromatic nitrogens is 3. The maximum atomic E-state index is 13.9. The van der Waals surface area contributed by atoms with E-state index in [0.29, 0.717) is 60.7 Å². The minimum absolute atomic E-state index is 0.0105. The second-order valence-electron chi connectivity index (χ2n) is 11.8. The number of hydrogen-bond acceptors (Lipinski definition) is 7. The van der Waals surface area contributed by atoms with Gasteiger partial charge in [-0.25, -0.2) is 17.2 Å². The van der Waals surface area contributed by atoms with Crippen LogP contribution in [-0.4, -0.2) is 72.4 Å². The van der Waals surface area contributed by atoms with Crippen LogP contribution in [-0.2, 0) is 33.1 Å². The summed E-state index contributed by atoms with van der Waals surface area (Å²) in [7, 11) is -4.29.